The highest BCUT2D eigenvalue weighted by atomic mass is 32.7. The third kappa shape index (κ3) is 3.71. The maximum atomic E-state index is 12.9. The van der Waals surface area contributed by atoms with Crippen LogP contribution in [0.5, 0.6) is 0 Å². The zero-order valence-electron chi connectivity index (χ0n) is 13.8. The third-order valence-corrected chi connectivity index (χ3v) is 7.23. The molecular weight excluding hydrogens is 323 g/mol. The summed E-state index contributed by atoms with van der Waals surface area (Å²) in [7, 11) is 2.05. The van der Waals surface area contributed by atoms with E-state index in [2.05, 4.69) is 48.1 Å². The summed E-state index contributed by atoms with van der Waals surface area (Å²) < 4.78 is 0. The highest BCUT2D eigenvalue weighted by molar-refractivity contribution is 8.54. The van der Waals surface area contributed by atoms with Crippen molar-refractivity contribution in [3.05, 3.63) is 35.5 Å². The Morgan fingerprint density at radius 3 is 3.04 bits per heavy atom. The first-order valence-electron chi connectivity index (χ1n) is 8.08. The first-order chi connectivity index (χ1) is 11.1. The van der Waals surface area contributed by atoms with Gasteiger partial charge in [0, 0.05) is 28.4 Å². The number of likely N-dealkylation sites (tertiary alicyclic amines) is 1. The summed E-state index contributed by atoms with van der Waals surface area (Å²) >= 11 is 1.94. The third-order valence-electron chi connectivity index (χ3n) is 4.54. The smallest absolute Gasteiger partial charge is 0.182 e. The molecule has 2 heterocycles. The molecule has 1 N–H and O–H groups in total. The number of hydrogen-bond acceptors (Lipinski definition) is 3. The van der Waals surface area contributed by atoms with E-state index >= 15 is 0 Å². The van der Waals surface area contributed by atoms with Crippen LogP contribution in [0.15, 0.2) is 24.4 Å². The largest absolute Gasteiger partial charge is 0.360 e. The van der Waals surface area contributed by atoms with E-state index in [0.29, 0.717) is 0 Å². The predicted octanol–water partition coefficient (Wildman–Crippen LogP) is 4.18. The Morgan fingerprint density at radius 2 is 2.35 bits per heavy atom. The number of nitrogens with zero attached hydrogens (tertiary/aromatic N) is 1. The normalized spacial score (nSPS) is 19.4. The molecule has 0 amide bonds. The predicted molar refractivity (Wildman–Crippen MR) is 104 cm³/mol. The molecule has 0 bridgehead atoms. The second-order valence-corrected chi connectivity index (χ2v) is 10.9. The SMILES string of the molecule is C=[P+](C)SCCc1ccc2[nH]cc(C(=O)C3CCCN3C)c2c1. The van der Waals surface area contributed by atoms with Gasteiger partial charge >= 0.3 is 0 Å². The number of carbonyl (C=O) groups excluding carboxylic acids is 1. The molecule has 5 heteroatoms. The van der Waals surface area contributed by atoms with Crippen molar-refractivity contribution >= 4 is 41.1 Å². The topological polar surface area (TPSA) is 36.1 Å². The van der Waals surface area contributed by atoms with Gasteiger partial charge in [-0.3, -0.25) is 9.69 Å². The van der Waals surface area contributed by atoms with E-state index < -0.39 is 0 Å². The number of H-pyrrole nitrogens is 1. The van der Waals surface area contributed by atoms with Crippen LogP contribution in [0.25, 0.3) is 10.9 Å². The van der Waals surface area contributed by atoms with Gasteiger partial charge < -0.3 is 4.98 Å². The van der Waals surface area contributed by atoms with Crippen molar-refractivity contribution < 1.29 is 4.79 Å². The standard InChI is InChI=1S/C18H23N2OPS/c1-20-9-4-5-17(20)18(21)15-12-19-16-7-6-13(11-14(15)16)8-10-23-22(2)3/h6-7,11-12,17H,2,4-5,8-10H2,1,3H3/p+1. The lowest BCUT2D eigenvalue weighted by molar-refractivity contribution is 0.0892. The number of aryl methyl sites for hydroxylation is 1. The highest BCUT2D eigenvalue weighted by Gasteiger charge is 2.29. The van der Waals surface area contributed by atoms with Crippen LogP contribution in [-0.4, -0.2) is 54.0 Å². The molecule has 0 saturated carbocycles. The summed E-state index contributed by atoms with van der Waals surface area (Å²) in [5.41, 5.74) is 3.21. The van der Waals surface area contributed by atoms with Crippen LogP contribution in [0.2, 0.25) is 0 Å². The molecule has 1 aromatic heterocycles. The maximum absolute atomic E-state index is 12.9. The molecule has 0 aliphatic carbocycles. The van der Waals surface area contributed by atoms with E-state index in [1.807, 2.05) is 17.6 Å². The average Bonchev–Trinajstić information content (AvgIpc) is 3.12. The molecule has 1 saturated heterocycles. The molecular formula is C18H24N2OPS+. The summed E-state index contributed by atoms with van der Waals surface area (Å²) in [5, 5.41) is 1.08. The number of likely N-dealkylation sites (N-methyl/N-ethyl adjacent to an activating group) is 1. The van der Waals surface area contributed by atoms with Gasteiger partial charge in [-0.25, -0.2) is 0 Å². The Bertz CT molecular complexity index is 740. The molecule has 23 heavy (non-hydrogen) atoms. The van der Waals surface area contributed by atoms with Gasteiger partial charge in [-0.1, -0.05) is 6.07 Å². The lowest BCUT2D eigenvalue weighted by Crippen LogP contribution is -2.32. The second-order valence-electron chi connectivity index (χ2n) is 6.30. The molecule has 1 aliphatic rings. The van der Waals surface area contributed by atoms with Gasteiger partial charge in [-0.2, -0.15) is 0 Å². The molecule has 1 aromatic carbocycles. The van der Waals surface area contributed by atoms with E-state index in [-0.39, 0.29) is 18.6 Å². The summed E-state index contributed by atoms with van der Waals surface area (Å²) in [6, 6.07) is 6.50. The zero-order valence-corrected chi connectivity index (χ0v) is 15.6. The van der Waals surface area contributed by atoms with Crippen LogP contribution >= 0.6 is 18.1 Å². The van der Waals surface area contributed by atoms with Gasteiger partial charge in [-0.05, 0) is 50.6 Å². The first-order valence-corrected chi connectivity index (χ1v) is 11.6. The lowest BCUT2D eigenvalue weighted by Gasteiger charge is -2.17. The average molecular weight is 347 g/mol. The molecule has 0 spiro atoms. The number of fused-ring (bicyclic) bond motifs is 1. The number of nitrogens with one attached hydrogen (secondary N) is 1. The molecule has 3 nitrogen and oxygen atoms in total. The number of rotatable bonds is 6. The molecule has 2 unspecified atom stereocenters. The minimum atomic E-state index is -0.149. The summed E-state index contributed by atoms with van der Waals surface area (Å²) in [6.07, 6.45) is 9.08. The number of carbonyl (C=O) groups is 1. The Labute approximate surface area is 143 Å². The van der Waals surface area contributed by atoms with Crippen molar-refractivity contribution in [1.29, 1.82) is 0 Å². The summed E-state index contributed by atoms with van der Waals surface area (Å²) in [4.78, 5) is 18.3. The van der Waals surface area contributed by atoms with Crippen molar-refractivity contribution in [2.75, 3.05) is 26.0 Å². The van der Waals surface area contributed by atoms with Crippen molar-refractivity contribution in [1.82, 2.24) is 9.88 Å². The van der Waals surface area contributed by atoms with Crippen molar-refractivity contribution in [3.63, 3.8) is 0 Å². The number of hydrogen-bond donors (Lipinski definition) is 1. The Balaban J connectivity index is 1.83. The molecule has 3 rings (SSSR count). The highest BCUT2D eigenvalue weighted by Crippen LogP contribution is 2.33. The Hall–Kier alpha value is -1.09. The first kappa shape index (κ1) is 16.8. The van der Waals surface area contributed by atoms with Crippen LogP contribution < -0.4 is 0 Å². The van der Waals surface area contributed by atoms with E-state index in [1.165, 1.54) is 5.56 Å². The van der Waals surface area contributed by atoms with E-state index in [1.54, 1.807) is 0 Å². The van der Waals surface area contributed by atoms with E-state index in [9.17, 15) is 4.79 Å². The zero-order chi connectivity index (χ0) is 16.4. The van der Waals surface area contributed by atoms with Crippen LogP contribution in [0.4, 0.5) is 0 Å². The van der Waals surface area contributed by atoms with Crippen LogP contribution in [0.1, 0.15) is 28.8 Å². The molecule has 2 atom stereocenters. The quantitative estimate of drug-likeness (QED) is 0.629. The number of aromatic amines is 1. The minimum absolute atomic E-state index is 0.0445. The lowest BCUT2D eigenvalue weighted by atomic mass is 10.00. The maximum Gasteiger partial charge on any atom is 0.182 e. The molecule has 122 valence electrons. The summed E-state index contributed by atoms with van der Waals surface area (Å²) in [5.74, 6) is 1.36. The van der Waals surface area contributed by atoms with Crippen molar-refractivity contribution in [3.8, 4) is 0 Å². The fourth-order valence-corrected chi connectivity index (χ4v) is 5.12. The second kappa shape index (κ2) is 7.21. The Kier molecular flexibility index (Phi) is 5.25. The van der Waals surface area contributed by atoms with Gasteiger partial charge in [0.15, 0.2) is 12.5 Å². The van der Waals surface area contributed by atoms with Crippen LogP contribution in [-0.2, 0) is 6.42 Å². The molecule has 2 aromatic rings. The van der Waals surface area contributed by atoms with Crippen LogP contribution in [0.3, 0.4) is 0 Å². The van der Waals surface area contributed by atoms with Crippen molar-refractivity contribution in [2.24, 2.45) is 0 Å². The van der Waals surface area contributed by atoms with Gasteiger partial charge in [0.25, 0.3) is 0 Å². The number of aromatic nitrogens is 1. The van der Waals surface area contributed by atoms with Crippen LogP contribution in [0, 0.1) is 0 Å². The van der Waals surface area contributed by atoms with Gasteiger partial charge in [-0.15, -0.1) is 0 Å². The van der Waals surface area contributed by atoms with Gasteiger partial charge in [0.1, 0.15) is 6.66 Å². The van der Waals surface area contributed by atoms with Gasteiger partial charge in [0.2, 0.25) is 0 Å². The summed E-state index contributed by atoms with van der Waals surface area (Å²) in [6.45, 7) is 3.06. The monoisotopic (exact) mass is 347 g/mol. The minimum Gasteiger partial charge on any atom is -0.360 e. The van der Waals surface area contributed by atoms with E-state index in [4.69, 9.17) is 0 Å². The molecule has 1 fully saturated rings. The fraction of sp³-hybridized carbons (Fsp3) is 0.444. The number of benzene rings is 1. The molecule has 0 radical (unpaired) electrons. The fourth-order valence-electron chi connectivity index (χ4n) is 3.27. The number of ketones is 1. The number of Topliss-reactive ketones (excluding diaryl/α,β-unsaturated/α-hetero) is 1. The van der Waals surface area contributed by atoms with Crippen molar-refractivity contribution in [2.45, 2.75) is 25.3 Å². The van der Waals surface area contributed by atoms with Gasteiger partial charge in [0.05, 0.1) is 23.7 Å². The van der Waals surface area contributed by atoms with E-state index in [0.717, 1.165) is 48.0 Å². The Morgan fingerprint density at radius 1 is 1.52 bits per heavy atom. The molecule has 1 aliphatic heterocycles.